The van der Waals surface area contributed by atoms with E-state index in [1.165, 1.54) is 5.56 Å². The summed E-state index contributed by atoms with van der Waals surface area (Å²) in [5, 5.41) is 10.3. The summed E-state index contributed by atoms with van der Waals surface area (Å²) in [7, 11) is 1.75. The number of hydrogen-bond donors (Lipinski definition) is 2. The van der Waals surface area contributed by atoms with Gasteiger partial charge in [-0.3, -0.25) is 4.79 Å². The molecule has 2 N–H and O–H groups in total. The third-order valence-corrected chi connectivity index (χ3v) is 3.85. The minimum atomic E-state index is -0.255. The number of thiophene rings is 1. The number of hydrogen-bond acceptors (Lipinski definition) is 4. The standard InChI is InChI=1S/C14H16ClN3OS/c1-9(7-10-5-6-20-8-10)17-14(19)13-11(15)3-4-12(16-2)18-13/h3-6,8-9H,7H2,1-2H3,(H,16,18)(H,17,19). The fraction of sp³-hybridized carbons (Fsp3) is 0.286. The molecule has 1 unspecified atom stereocenters. The van der Waals surface area contributed by atoms with Gasteiger partial charge in [-0.25, -0.2) is 4.98 Å². The van der Waals surface area contributed by atoms with E-state index in [0.717, 1.165) is 6.42 Å². The molecule has 1 atom stereocenters. The number of carbonyl (C=O) groups is 1. The van der Waals surface area contributed by atoms with Gasteiger partial charge in [-0.2, -0.15) is 11.3 Å². The Morgan fingerprint density at radius 3 is 2.90 bits per heavy atom. The van der Waals surface area contributed by atoms with Gasteiger partial charge in [0.05, 0.1) is 5.02 Å². The molecule has 0 saturated heterocycles. The summed E-state index contributed by atoms with van der Waals surface area (Å²) < 4.78 is 0. The molecule has 2 heterocycles. The van der Waals surface area contributed by atoms with Gasteiger partial charge in [-0.15, -0.1) is 0 Å². The van der Waals surface area contributed by atoms with Crippen LogP contribution in [0, 0.1) is 0 Å². The van der Waals surface area contributed by atoms with Gasteiger partial charge in [-0.05, 0) is 47.9 Å². The monoisotopic (exact) mass is 309 g/mol. The van der Waals surface area contributed by atoms with E-state index in [4.69, 9.17) is 11.6 Å². The van der Waals surface area contributed by atoms with Crippen molar-refractivity contribution in [2.75, 3.05) is 12.4 Å². The second kappa shape index (κ2) is 6.72. The zero-order chi connectivity index (χ0) is 14.5. The molecule has 2 aromatic heterocycles. The number of anilines is 1. The van der Waals surface area contributed by atoms with Crippen LogP contribution >= 0.6 is 22.9 Å². The molecule has 0 spiro atoms. The topological polar surface area (TPSA) is 54.0 Å². The van der Waals surface area contributed by atoms with Crippen molar-refractivity contribution in [3.05, 3.63) is 45.2 Å². The van der Waals surface area contributed by atoms with Crippen molar-refractivity contribution in [3.63, 3.8) is 0 Å². The van der Waals surface area contributed by atoms with Gasteiger partial charge in [0.1, 0.15) is 11.5 Å². The Bertz CT molecular complexity index is 586. The summed E-state index contributed by atoms with van der Waals surface area (Å²) in [6, 6.07) is 5.47. The molecule has 6 heteroatoms. The van der Waals surface area contributed by atoms with E-state index in [1.54, 1.807) is 30.5 Å². The SMILES string of the molecule is CNc1ccc(Cl)c(C(=O)NC(C)Cc2ccsc2)n1. The summed E-state index contributed by atoms with van der Waals surface area (Å²) >= 11 is 7.67. The molecule has 4 nitrogen and oxygen atoms in total. The van der Waals surface area contributed by atoms with Gasteiger partial charge in [0.15, 0.2) is 0 Å². The number of rotatable bonds is 5. The molecule has 0 saturated carbocycles. The van der Waals surface area contributed by atoms with Crippen LogP contribution in [0.4, 0.5) is 5.82 Å². The summed E-state index contributed by atoms with van der Waals surface area (Å²) in [5.74, 6) is 0.361. The second-order valence-corrected chi connectivity index (χ2v) is 5.67. The zero-order valence-electron chi connectivity index (χ0n) is 11.3. The van der Waals surface area contributed by atoms with Crippen LogP contribution in [0.3, 0.4) is 0 Å². The van der Waals surface area contributed by atoms with Crippen LogP contribution in [-0.4, -0.2) is 24.0 Å². The Hall–Kier alpha value is -1.59. The Labute approximate surface area is 127 Å². The van der Waals surface area contributed by atoms with E-state index >= 15 is 0 Å². The van der Waals surface area contributed by atoms with E-state index in [9.17, 15) is 4.79 Å². The van der Waals surface area contributed by atoms with Gasteiger partial charge in [0.2, 0.25) is 0 Å². The van der Waals surface area contributed by atoms with Gasteiger partial charge in [0.25, 0.3) is 5.91 Å². The lowest BCUT2D eigenvalue weighted by Crippen LogP contribution is -2.34. The average molecular weight is 310 g/mol. The first-order valence-corrected chi connectivity index (χ1v) is 7.58. The lowest BCUT2D eigenvalue weighted by molar-refractivity contribution is 0.0935. The van der Waals surface area contributed by atoms with Crippen molar-refractivity contribution in [1.29, 1.82) is 0 Å². The van der Waals surface area contributed by atoms with Crippen molar-refractivity contribution >= 4 is 34.7 Å². The number of nitrogens with one attached hydrogen (secondary N) is 2. The van der Waals surface area contributed by atoms with E-state index in [0.29, 0.717) is 10.8 Å². The maximum Gasteiger partial charge on any atom is 0.271 e. The molecule has 0 bridgehead atoms. The summed E-state index contributed by atoms with van der Waals surface area (Å²) in [4.78, 5) is 16.4. The second-order valence-electron chi connectivity index (χ2n) is 4.49. The molecule has 20 heavy (non-hydrogen) atoms. The van der Waals surface area contributed by atoms with Gasteiger partial charge < -0.3 is 10.6 Å². The quantitative estimate of drug-likeness (QED) is 0.892. The molecule has 106 valence electrons. The molecule has 2 rings (SSSR count). The zero-order valence-corrected chi connectivity index (χ0v) is 12.9. The number of aromatic nitrogens is 1. The molecule has 0 fully saturated rings. The molecular formula is C14H16ClN3OS. The number of carbonyl (C=O) groups excluding carboxylic acids is 1. The number of amides is 1. The predicted octanol–water partition coefficient (Wildman–Crippen LogP) is 3.20. The fourth-order valence-corrected chi connectivity index (χ4v) is 2.72. The highest BCUT2D eigenvalue weighted by Gasteiger charge is 2.15. The molecule has 1 amide bonds. The molecule has 0 aliphatic carbocycles. The van der Waals surface area contributed by atoms with Crippen molar-refractivity contribution in [1.82, 2.24) is 10.3 Å². The predicted molar refractivity (Wildman–Crippen MR) is 83.7 cm³/mol. The molecule has 0 aliphatic heterocycles. The summed E-state index contributed by atoms with van der Waals surface area (Å²) in [6.07, 6.45) is 0.790. The van der Waals surface area contributed by atoms with Crippen LogP contribution in [-0.2, 0) is 6.42 Å². The smallest absolute Gasteiger partial charge is 0.271 e. The van der Waals surface area contributed by atoms with Crippen molar-refractivity contribution in [2.45, 2.75) is 19.4 Å². The summed E-state index contributed by atoms with van der Waals surface area (Å²) in [5.41, 5.74) is 1.46. The van der Waals surface area contributed by atoms with Crippen LogP contribution in [0.1, 0.15) is 23.0 Å². The van der Waals surface area contributed by atoms with Gasteiger partial charge in [0, 0.05) is 13.1 Å². The first-order valence-electron chi connectivity index (χ1n) is 6.26. The van der Waals surface area contributed by atoms with Crippen LogP contribution in [0.2, 0.25) is 5.02 Å². The van der Waals surface area contributed by atoms with E-state index in [1.807, 2.05) is 12.3 Å². The Morgan fingerprint density at radius 1 is 1.45 bits per heavy atom. The third kappa shape index (κ3) is 3.71. The highest BCUT2D eigenvalue weighted by molar-refractivity contribution is 7.07. The maximum atomic E-state index is 12.2. The molecule has 0 aromatic carbocycles. The largest absolute Gasteiger partial charge is 0.373 e. The van der Waals surface area contributed by atoms with Crippen LogP contribution in [0.5, 0.6) is 0 Å². The van der Waals surface area contributed by atoms with Crippen LogP contribution < -0.4 is 10.6 Å². The minimum absolute atomic E-state index is 0.0215. The third-order valence-electron chi connectivity index (χ3n) is 2.82. The lowest BCUT2D eigenvalue weighted by Gasteiger charge is -2.14. The Morgan fingerprint density at radius 2 is 2.25 bits per heavy atom. The van der Waals surface area contributed by atoms with E-state index < -0.39 is 0 Å². The Balaban J connectivity index is 2.04. The minimum Gasteiger partial charge on any atom is -0.373 e. The van der Waals surface area contributed by atoms with Crippen molar-refractivity contribution in [3.8, 4) is 0 Å². The first-order chi connectivity index (χ1) is 9.60. The highest BCUT2D eigenvalue weighted by atomic mass is 35.5. The first kappa shape index (κ1) is 14.8. The maximum absolute atomic E-state index is 12.2. The van der Waals surface area contributed by atoms with Crippen LogP contribution in [0.15, 0.2) is 29.0 Å². The van der Waals surface area contributed by atoms with Gasteiger partial charge in [-0.1, -0.05) is 11.6 Å². The van der Waals surface area contributed by atoms with Crippen molar-refractivity contribution in [2.24, 2.45) is 0 Å². The van der Waals surface area contributed by atoms with Crippen LogP contribution in [0.25, 0.3) is 0 Å². The number of nitrogens with zero attached hydrogens (tertiary/aromatic N) is 1. The molecule has 0 aliphatic rings. The fourth-order valence-electron chi connectivity index (χ4n) is 1.85. The molecular weight excluding hydrogens is 294 g/mol. The number of halogens is 1. The lowest BCUT2D eigenvalue weighted by atomic mass is 10.1. The molecule has 0 radical (unpaired) electrons. The average Bonchev–Trinajstić information content (AvgIpc) is 2.91. The van der Waals surface area contributed by atoms with Gasteiger partial charge >= 0.3 is 0 Å². The van der Waals surface area contributed by atoms with E-state index in [2.05, 4.69) is 27.1 Å². The number of pyridine rings is 1. The normalized spacial score (nSPS) is 11.9. The van der Waals surface area contributed by atoms with Crippen molar-refractivity contribution < 1.29 is 4.79 Å². The summed E-state index contributed by atoms with van der Waals surface area (Å²) in [6.45, 7) is 1.96. The Kier molecular flexibility index (Phi) is 4.98. The molecule has 2 aromatic rings. The highest BCUT2D eigenvalue weighted by Crippen LogP contribution is 2.17. The van der Waals surface area contributed by atoms with E-state index in [-0.39, 0.29) is 17.6 Å².